The summed E-state index contributed by atoms with van der Waals surface area (Å²) in [4.78, 5) is 17.0. The van der Waals surface area contributed by atoms with Gasteiger partial charge >= 0.3 is 0 Å². The zero-order valence-corrected chi connectivity index (χ0v) is 20.0. The van der Waals surface area contributed by atoms with Crippen molar-refractivity contribution in [3.63, 3.8) is 0 Å². The van der Waals surface area contributed by atoms with Crippen molar-refractivity contribution in [2.24, 2.45) is 0 Å². The molecule has 0 atom stereocenters. The molecule has 31 heavy (non-hydrogen) atoms. The van der Waals surface area contributed by atoms with Crippen molar-refractivity contribution in [2.75, 3.05) is 17.3 Å². The quantitative estimate of drug-likeness (QED) is 0.423. The molecule has 1 amide bonds. The second kappa shape index (κ2) is 10.0. The summed E-state index contributed by atoms with van der Waals surface area (Å²) >= 11 is 14.5. The predicted molar refractivity (Wildman–Crippen MR) is 128 cm³/mol. The van der Waals surface area contributed by atoms with Crippen molar-refractivity contribution in [2.45, 2.75) is 23.3 Å². The molecule has 3 rings (SSSR count). The molecule has 0 aliphatic carbocycles. The second-order valence-corrected chi connectivity index (χ2v) is 10.9. The lowest BCUT2D eigenvalue weighted by molar-refractivity contribution is -0.115. The Hall–Kier alpha value is -2.06. The number of amides is 1. The third-order valence-electron chi connectivity index (χ3n) is 4.35. The van der Waals surface area contributed by atoms with Crippen molar-refractivity contribution in [3.8, 4) is 11.1 Å². The van der Waals surface area contributed by atoms with E-state index in [2.05, 4.69) is 17.2 Å². The maximum absolute atomic E-state index is 12.4. The SMILES string of the molecule is CCSc1ccc(CC(=O)Nc2cc(Cl)c(-c3ccc(S(C)(=O)=O)cc3)c(Cl)c2)cn1. The number of aromatic nitrogens is 1. The Bertz CT molecular complexity index is 1170. The highest BCUT2D eigenvalue weighted by molar-refractivity contribution is 7.99. The number of carbonyl (C=O) groups is 1. The summed E-state index contributed by atoms with van der Waals surface area (Å²) in [6.45, 7) is 2.06. The van der Waals surface area contributed by atoms with Crippen LogP contribution in [0.5, 0.6) is 0 Å². The number of hydrogen-bond acceptors (Lipinski definition) is 5. The minimum absolute atomic E-state index is 0.175. The summed E-state index contributed by atoms with van der Waals surface area (Å²) in [5, 5.41) is 4.41. The topological polar surface area (TPSA) is 76.1 Å². The van der Waals surface area contributed by atoms with Crippen LogP contribution in [0.1, 0.15) is 12.5 Å². The van der Waals surface area contributed by atoms with Gasteiger partial charge in [-0.3, -0.25) is 4.79 Å². The Labute approximate surface area is 196 Å². The molecule has 0 saturated carbocycles. The number of nitrogens with zero attached hydrogens (tertiary/aromatic N) is 1. The average molecular weight is 495 g/mol. The summed E-state index contributed by atoms with van der Waals surface area (Å²) < 4.78 is 23.3. The third-order valence-corrected chi connectivity index (χ3v) is 6.90. The van der Waals surface area contributed by atoms with Crippen molar-refractivity contribution in [1.29, 1.82) is 0 Å². The summed E-state index contributed by atoms with van der Waals surface area (Å²) in [6.07, 6.45) is 3.02. The maximum atomic E-state index is 12.4. The Balaban J connectivity index is 1.74. The number of halogens is 2. The lowest BCUT2D eigenvalue weighted by Gasteiger charge is -2.12. The van der Waals surface area contributed by atoms with Crippen LogP contribution in [0.4, 0.5) is 5.69 Å². The number of nitrogens with one attached hydrogen (secondary N) is 1. The first-order chi connectivity index (χ1) is 14.7. The highest BCUT2D eigenvalue weighted by Crippen LogP contribution is 2.37. The van der Waals surface area contributed by atoms with Crippen LogP contribution in [-0.4, -0.2) is 31.3 Å². The first-order valence-corrected chi connectivity index (χ1v) is 13.0. The third kappa shape index (κ3) is 6.23. The van der Waals surface area contributed by atoms with Crippen molar-refractivity contribution >= 4 is 56.4 Å². The van der Waals surface area contributed by atoms with E-state index >= 15 is 0 Å². The molecule has 1 aromatic heterocycles. The molecule has 1 N–H and O–H groups in total. The normalized spacial score (nSPS) is 11.4. The van der Waals surface area contributed by atoms with E-state index < -0.39 is 9.84 Å². The monoisotopic (exact) mass is 494 g/mol. The van der Waals surface area contributed by atoms with Crippen molar-refractivity contribution < 1.29 is 13.2 Å². The number of sulfone groups is 1. The number of rotatable bonds is 7. The fourth-order valence-electron chi connectivity index (χ4n) is 2.93. The Morgan fingerprint density at radius 3 is 2.23 bits per heavy atom. The van der Waals surface area contributed by atoms with E-state index in [-0.39, 0.29) is 17.2 Å². The molecular formula is C22H20Cl2N2O3S2. The zero-order valence-electron chi connectivity index (χ0n) is 16.9. The van der Waals surface area contributed by atoms with Gasteiger partial charge in [-0.05, 0) is 47.2 Å². The standard InChI is InChI=1S/C22H20Cl2N2O3S2/c1-3-30-21-9-4-14(13-25-21)10-20(27)26-16-11-18(23)22(19(24)12-16)15-5-7-17(8-6-15)31(2,28)29/h4-9,11-13H,3,10H2,1-2H3,(H,26,27). The number of hydrogen-bond donors (Lipinski definition) is 1. The minimum atomic E-state index is -3.29. The molecule has 3 aromatic rings. The number of anilines is 1. The second-order valence-electron chi connectivity index (χ2n) is 6.77. The summed E-state index contributed by atoms with van der Waals surface area (Å²) in [5.41, 5.74) is 2.52. The molecule has 0 saturated heterocycles. The van der Waals surface area contributed by atoms with E-state index in [1.165, 1.54) is 12.1 Å². The van der Waals surface area contributed by atoms with Gasteiger partial charge in [0, 0.05) is 23.7 Å². The summed E-state index contributed by atoms with van der Waals surface area (Å²) in [5.74, 6) is 0.724. The number of pyridine rings is 1. The van der Waals surface area contributed by atoms with Crippen molar-refractivity contribution in [1.82, 2.24) is 4.98 Å². The fraction of sp³-hybridized carbons (Fsp3) is 0.182. The van der Waals surface area contributed by atoms with Gasteiger partial charge in [-0.15, -0.1) is 11.8 Å². The maximum Gasteiger partial charge on any atom is 0.228 e. The minimum Gasteiger partial charge on any atom is -0.326 e. The van der Waals surface area contributed by atoms with Crippen LogP contribution in [0.3, 0.4) is 0 Å². The zero-order chi connectivity index (χ0) is 22.6. The van der Waals surface area contributed by atoms with Crippen LogP contribution in [-0.2, 0) is 21.1 Å². The van der Waals surface area contributed by atoms with E-state index in [9.17, 15) is 13.2 Å². The van der Waals surface area contributed by atoms with Crippen molar-refractivity contribution in [3.05, 3.63) is 70.3 Å². The molecule has 0 bridgehead atoms. The van der Waals surface area contributed by atoms with Crippen LogP contribution in [0.2, 0.25) is 10.0 Å². The smallest absolute Gasteiger partial charge is 0.228 e. The van der Waals surface area contributed by atoms with Gasteiger partial charge in [0.05, 0.1) is 26.4 Å². The molecule has 2 aromatic carbocycles. The van der Waals surface area contributed by atoms with E-state index in [1.54, 1.807) is 42.2 Å². The average Bonchev–Trinajstić information content (AvgIpc) is 2.69. The highest BCUT2D eigenvalue weighted by Gasteiger charge is 2.14. The van der Waals surface area contributed by atoms with Crippen LogP contribution in [0, 0.1) is 0 Å². The van der Waals surface area contributed by atoms with Gasteiger partial charge in [-0.1, -0.05) is 48.3 Å². The van der Waals surface area contributed by atoms with Crippen LogP contribution < -0.4 is 5.32 Å². The molecule has 0 aliphatic heterocycles. The van der Waals surface area contributed by atoms with Gasteiger partial charge in [0.2, 0.25) is 5.91 Å². The van der Waals surface area contributed by atoms with Crippen LogP contribution in [0.25, 0.3) is 11.1 Å². The van der Waals surface area contributed by atoms with Gasteiger partial charge in [0.25, 0.3) is 0 Å². The number of thioether (sulfide) groups is 1. The van der Waals surface area contributed by atoms with E-state index in [0.29, 0.717) is 26.9 Å². The van der Waals surface area contributed by atoms with E-state index in [1.807, 2.05) is 12.1 Å². The molecule has 0 radical (unpaired) electrons. The Morgan fingerprint density at radius 2 is 1.71 bits per heavy atom. The lowest BCUT2D eigenvalue weighted by Crippen LogP contribution is -2.14. The molecule has 0 aliphatic rings. The summed E-state index contributed by atoms with van der Waals surface area (Å²) in [6, 6.07) is 13.3. The van der Waals surface area contributed by atoms with Crippen LogP contribution in [0.15, 0.2) is 64.6 Å². The molecular weight excluding hydrogens is 475 g/mol. The van der Waals surface area contributed by atoms with Gasteiger partial charge < -0.3 is 5.32 Å². The number of benzene rings is 2. The molecule has 0 fully saturated rings. The van der Waals surface area contributed by atoms with Gasteiger partial charge in [0.1, 0.15) is 0 Å². The molecule has 9 heteroatoms. The first-order valence-electron chi connectivity index (χ1n) is 9.34. The Morgan fingerprint density at radius 1 is 1.06 bits per heavy atom. The van der Waals surface area contributed by atoms with Gasteiger partial charge in [0.15, 0.2) is 9.84 Å². The van der Waals surface area contributed by atoms with E-state index in [4.69, 9.17) is 23.2 Å². The fourth-order valence-corrected chi connectivity index (χ4v) is 4.85. The molecule has 0 unspecified atom stereocenters. The summed E-state index contributed by atoms with van der Waals surface area (Å²) in [7, 11) is -3.29. The van der Waals surface area contributed by atoms with Crippen LogP contribution >= 0.6 is 35.0 Å². The molecule has 162 valence electrons. The number of carbonyl (C=O) groups excluding carboxylic acids is 1. The Kier molecular flexibility index (Phi) is 7.64. The van der Waals surface area contributed by atoms with E-state index in [0.717, 1.165) is 22.6 Å². The molecule has 5 nitrogen and oxygen atoms in total. The molecule has 0 spiro atoms. The largest absolute Gasteiger partial charge is 0.326 e. The highest BCUT2D eigenvalue weighted by atomic mass is 35.5. The molecule has 1 heterocycles. The van der Waals surface area contributed by atoms with Gasteiger partial charge in [-0.25, -0.2) is 13.4 Å². The first kappa shape index (κ1) is 23.6. The van der Waals surface area contributed by atoms with Gasteiger partial charge in [-0.2, -0.15) is 0 Å². The lowest BCUT2D eigenvalue weighted by atomic mass is 10.0. The predicted octanol–water partition coefficient (Wildman–Crippen LogP) is 5.75.